The van der Waals surface area contributed by atoms with Crippen molar-refractivity contribution in [1.29, 1.82) is 0 Å². The van der Waals surface area contributed by atoms with E-state index in [4.69, 9.17) is 4.74 Å². The molecule has 2 fully saturated rings. The topological polar surface area (TPSA) is 61.8 Å². The number of amides is 2. The van der Waals surface area contributed by atoms with Gasteiger partial charge in [0.05, 0.1) is 12.1 Å². The molecule has 1 heterocycles. The lowest BCUT2D eigenvalue weighted by Crippen LogP contribution is -2.46. The second-order valence-corrected chi connectivity index (χ2v) is 6.69. The fourth-order valence-electron chi connectivity index (χ4n) is 3.64. The average Bonchev–Trinajstić information content (AvgIpc) is 3.18. The number of hydrogen-bond donors (Lipinski definition) is 2. The Morgan fingerprint density at radius 3 is 2.78 bits per heavy atom. The Morgan fingerprint density at radius 1 is 1.30 bits per heavy atom. The van der Waals surface area contributed by atoms with Gasteiger partial charge < -0.3 is 20.1 Å². The van der Waals surface area contributed by atoms with Gasteiger partial charge in [-0.25, -0.2) is 4.79 Å². The van der Waals surface area contributed by atoms with E-state index in [1.165, 1.54) is 0 Å². The van der Waals surface area contributed by atoms with E-state index in [0.29, 0.717) is 13.2 Å². The van der Waals surface area contributed by atoms with Crippen LogP contribution in [0.25, 0.3) is 0 Å². The van der Waals surface area contributed by atoms with Crippen LogP contribution in [0.15, 0.2) is 30.3 Å². The molecule has 1 aliphatic carbocycles. The van der Waals surface area contributed by atoms with E-state index >= 15 is 0 Å². The molecule has 3 rings (SSSR count). The Labute approximate surface area is 137 Å². The number of urea groups is 1. The highest BCUT2D eigenvalue weighted by Crippen LogP contribution is 2.29. The minimum Gasteiger partial charge on any atom is -0.393 e. The molecular formula is C18H26N2O3. The van der Waals surface area contributed by atoms with Gasteiger partial charge in [0, 0.05) is 26.1 Å². The average molecular weight is 318 g/mol. The van der Waals surface area contributed by atoms with Crippen molar-refractivity contribution in [1.82, 2.24) is 10.2 Å². The zero-order valence-corrected chi connectivity index (χ0v) is 13.6. The molecule has 0 radical (unpaired) electrons. The van der Waals surface area contributed by atoms with Crippen molar-refractivity contribution in [2.24, 2.45) is 5.92 Å². The maximum atomic E-state index is 12.4. The van der Waals surface area contributed by atoms with Crippen molar-refractivity contribution in [3.8, 4) is 0 Å². The summed E-state index contributed by atoms with van der Waals surface area (Å²) in [5.41, 5.74) is 1.10. The Morgan fingerprint density at radius 2 is 2.09 bits per heavy atom. The van der Waals surface area contributed by atoms with Gasteiger partial charge >= 0.3 is 6.03 Å². The number of benzene rings is 1. The largest absolute Gasteiger partial charge is 0.393 e. The Hall–Kier alpha value is -1.59. The van der Waals surface area contributed by atoms with Crippen molar-refractivity contribution in [2.75, 3.05) is 20.2 Å². The smallest absolute Gasteiger partial charge is 0.317 e. The highest BCUT2D eigenvalue weighted by molar-refractivity contribution is 5.74. The van der Waals surface area contributed by atoms with Gasteiger partial charge in [-0.2, -0.15) is 0 Å². The molecule has 23 heavy (non-hydrogen) atoms. The Bertz CT molecular complexity index is 522. The fourth-order valence-corrected chi connectivity index (χ4v) is 3.64. The van der Waals surface area contributed by atoms with Gasteiger partial charge in [0.1, 0.15) is 6.10 Å². The van der Waals surface area contributed by atoms with Crippen molar-refractivity contribution in [2.45, 2.75) is 43.9 Å². The van der Waals surface area contributed by atoms with E-state index < -0.39 is 0 Å². The van der Waals surface area contributed by atoms with E-state index in [1.54, 1.807) is 11.9 Å². The first kappa shape index (κ1) is 16.3. The number of carbonyl (C=O) groups is 1. The molecule has 4 atom stereocenters. The first-order valence-electron chi connectivity index (χ1n) is 8.51. The molecule has 5 heteroatoms. The van der Waals surface area contributed by atoms with Gasteiger partial charge in [-0.15, -0.1) is 0 Å². The molecule has 5 nitrogen and oxygen atoms in total. The third-order valence-corrected chi connectivity index (χ3v) is 5.00. The maximum absolute atomic E-state index is 12.4. The van der Waals surface area contributed by atoms with E-state index in [9.17, 15) is 9.90 Å². The lowest BCUT2D eigenvalue weighted by atomic mass is 10.0. The van der Waals surface area contributed by atoms with E-state index in [-0.39, 0.29) is 30.2 Å². The third-order valence-electron chi connectivity index (χ3n) is 5.00. The molecule has 1 saturated heterocycles. The maximum Gasteiger partial charge on any atom is 0.317 e. The fraction of sp³-hybridized carbons (Fsp3) is 0.611. The molecular weight excluding hydrogens is 292 g/mol. The highest BCUT2D eigenvalue weighted by Gasteiger charge is 2.32. The number of carbonyl (C=O) groups excluding carboxylic acids is 1. The van der Waals surface area contributed by atoms with Crippen LogP contribution in [0.1, 0.15) is 37.4 Å². The number of aliphatic hydroxyl groups is 1. The number of hydrogen-bond acceptors (Lipinski definition) is 3. The van der Waals surface area contributed by atoms with Gasteiger partial charge in [-0.3, -0.25) is 0 Å². The first-order chi connectivity index (χ1) is 11.1. The molecule has 4 unspecified atom stereocenters. The van der Waals surface area contributed by atoms with Gasteiger partial charge in [-0.05, 0) is 24.8 Å². The minimum absolute atomic E-state index is 0.000788. The van der Waals surface area contributed by atoms with Gasteiger partial charge in [0.25, 0.3) is 0 Å². The molecule has 0 spiro atoms. The molecule has 1 saturated carbocycles. The van der Waals surface area contributed by atoms with E-state index in [0.717, 1.165) is 31.2 Å². The molecule has 2 amide bonds. The van der Waals surface area contributed by atoms with Gasteiger partial charge in [0.15, 0.2) is 0 Å². The number of ether oxygens (including phenoxy) is 1. The lowest BCUT2D eigenvalue weighted by molar-refractivity contribution is 0.0953. The van der Waals surface area contributed by atoms with Crippen molar-refractivity contribution in [3.05, 3.63) is 35.9 Å². The summed E-state index contributed by atoms with van der Waals surface area (Å²) in [6, 6.07) is 9.95. The van der Waals surface area contributed by atoms with Crippen molar-refractivity contribution < 1.29 is 14.6 Å². The summed E-state index contributed by atoms with van der Waals surface area (Å²) >= 11 is 0. The second kappa shape index (κ2) is 7.32. The number of rotatable bonds is 4. The second-order valence-electron chi connectivity index (χ2n) is 6.69. The molecule has 1 aliphatic heterocycles. The van der Waals surface area contributed by atoms with Crippen LogP contribution in [0.4, 0.5) is 4.79 Å². The summed E-state index contributed by atoms with van der Waals surface area (Å²) in [4.78, 5) is 14.1. The third kappa shape index (κ3) is 3.85. The summed E-state index contributed by atoms with van der Waals surface area (Å²) in [5.74, 6) is 0.204. The summed E-state index contributed by atoms with van der Waals surface area (Å²) in [6.07, 6.45) is 3.38. The van der Waals surface area contributed by atoms with Crippen LogP contribution in [0.3, 0.4) is 0 Å². The zero-order chi connectivity index (χ0) is 16.2. The molecule has 126 valence electrons. The van der Waals surface area contributed by atoms with Crippen LogP contribution in [0.2, 0.25) is 0 Å². The molecule has 1 aromatic rings. The van der Waals surface area contributed by atoms with Crippen molar-refractivity contribution >= 4 is 6.03 Å². The molecule has 2 N–H and O–H groups in total. The van der Waals surface area contributed by atoms with Crippen LogP contribution in [0.5, 0.6) is 0 Å². The number of aliphatic hydroxyl groups excluding tert-OH is 1. The predicted molar refractivity (Wildman–Crippen MR) is 88.0 cm³/mol. The van der Waals surface area contributed by atoms with Crippen LogP contribution in [-0.2, 0) is 4.74 Å². The van der Waals surface area contributed by atoms with Gasteiger partial charge in [-0.1, -0.05) is 36.8 Å². The van der Waals surface area contributed by atoms with Crippen molar-refractivity contribution in [3.63, 3.8) is 0 Å². The van der Waals surface area contributed by atoms with E-state index in [1.807, 2.05) is 30.3 Å². The minimum atomic E-state index is -0.267. The summed E-state index contributed by atoms with van der Waals surface area (Å²) < 4.78 is 5.81. The van der Waals surface area contributed by atoms with Crippen LogP contribution in [0, 0.1) is 5.92 Å². The number of nitrogens with one attached hydrogen (secondary N) is 1. The Balaban J connectivity index is 1.56. The lowest BCUT2D eigenvalue weighted by Gasteiger charge is -2.27. The first-order valence-corrected chi connectivity index (χ1v) is 8.51. The normalized spacial score (nSPS) is 30.3. The zero-order valence-electron chi connectivity index (χ0n) is 13.6. The molecule has 0 aromatic heterocycles. The molecule has 0 bridgehead atoms. The molecule has 2 aliphatic rings. The molecule has 1 aromatic carbocycles. The predicted octanol–water partition coefficient (Wildman–Crippen LogP) is 2.32. The summed E-state index contributed by atoms with van der Waals surface area (Å²) in [5, 5.41) is 13.0. The van der Waals surface area contributed by atoms with Crippen LogP contribution in [-0.4, -0.2) is 48.4 Å². The monoisotopic (exact) mass is 318 g/mol. The highest BCUT2D eigenvalue weighted by atomic mass is 16.5. The summed E-state index contributed by atoms with van der Waals surface area (Å²) in [7, 11) is 1.80. The van der Waals surface area contributed by atoms with E-state index in [2.05, 4.69) is 5.32 Å². The standard InChI is InChI=1S/C18H26N2O3/c1-20(12-14-8-5-9-16(14)21)18(22)19-15-10-11-23-17(15)13-6-3-2-4-7-13/h2-4,6-7,14-17,21H,5,8-12H2,1H3,(H,19,22). The summed E-state index contributed by atoms with van der Waals surface area (Å²) in [6.45, 7) is 1.27. The van der Waals surface area contributed by atoms with Crippen LogP contribution >= 0.6 is 0 Å². The van der Waals surface area contributed by atoms with Gasteiger partial charge in [0.2, 0.25) is 0 Å². The van der Waals surface area contributed by atoms with Crippen LogP contribution < -0.4 is 5.32 Å². The SMILES string of the molecule is CN(CC1CCCC1O)C(=O)NC1CCOC1c1ccccc1. The quantitative estimate of drug-likeness (QED) is 0.895. The Kier molecular flexibility index (Phi) is 5.18. The number of nitrogens with zero attached hydrogens (tertiary/aromatic N) is 1.